The third kappa shape index (κ3) is 9.20. The molecule has 0 bridgehead atoms. The Bertz CT molecular complexity index is 865. The lowest BCUT2D eigenvalue weighted by molar-refractivity contribution is -0.108. The highest BCUT2D eigenvalue weighted by atomic mass is 16.1. The van der Waals surface area contributed by atoms with E-state index in [9.17, 15) is 9.59 Å². The molecule has 0 radical (unpaired) electrons. The van der Waals surface area contributed by atoms with E-state index in [2.05, 4.69) is 31.2 Å². The second-order valence-electron chi connectivity index (χ2n) is 7.81. The summed E-state index contributed by atoms with van der Waals surface area (Å²) in [5, 5.41) is 0. The Morgan fingerprint density at radius 1 is 0.742 bits per heavy atom. The highest BCUT2D eigenvalue weighted by Gasteiger charge is 2.06. The van der Waals surface area contributed by atoms with E-state index in [1.807, 2.05) is 31.2 Å². The third-order valence-corrected chi connectivity index (χ3v) is 5.19. The van der Waals surface area contributed by atoms with Crippen LogP contribution in [0.5, 0.6) is 0 Å². The Morgan fingerprint density at radius 3 is 1.68 bits per heavy atom. The van der Waals surface area contributed by atoms with Crippen molar-refractivity contribution < 1.29 is 9.59 Å². The predicted molar refractivity (Wildman–Crippen MR) is 130 cm³/mol. The first-order valence-electron chi connectivity index (χ1n) is 11.3. The van der Waals surface area contributed by atoms with Crippen molar-refractivity contribution in [3.05, 3.63) is 59.7 Å². The maximum Gasteiger partial charge on any atom is 0.120 e. The summed E-state index contributed by atoms with van der Waals surface area (Å²) in [5.41, 5.74) is 6.28. The molecular weight excluding hydrogens is 384 g/mol. The van der Waals surface area contributed by atoms with Crippen LogP contribution in [0.2, 0.25) is 0 Å². The maximum absolute atomic E-state index is 10.5. The van der Waals surface area contributed by atoms with Crippen LogP contribution in [0.25, 0.3) is 0 Å². The minimum atomic E-state index is 0.607. The van der Waals surface area contributed by atoms with Crippen LogP contribution in [0.15, 0.2) is 58.5 Å². The smallest absolute Gasteiger partial charge is 0.120 e. The van der Waals surface area contributed by atoms with Gasteiger partial charge in [-0.25, -0.2) is 0 Å². The van der Waals surface area contributed by atoms with Crippen LogP contribution in [0.3, 0.4) is 0 Å². The fourth-order valence-electron chi connectivity index (χ4n) is 3.33. The first-order chi connectivity index (χ1) is 15.2. The zero-order valence-corrected chi connectivity index (χ0v) is 18.8. The molecule has 0 spiro atoms. The molecule has 2 rings (SSSR count). The molecule has 0 fully saturated rings. The van der Waals surface area contributed by atoms with Crippen molar-refractivity contribution in [1.82, 2.24) is 0 Å². The summed E-state index contributed by atoms with van der Waals surface area (Å²) in [6, 6.07) is 16.5. The van der Waals surface area contributed by atoms with E-state index in [-0.39, 0.29) is 0 Å². The van der Waals surface area contributed by atoms with Crippen molar-refractivity contribution in [2.45, 2.75) is 71.6 Å². The molecule has 0 unspecified atom stereocenters. The Morgan fingerprint density at radius 2 is 1.23 bits per heavy atom. The Balaban J connectivity index is 2.12. The number of nitrogens with zero attached hydrogens (tertiary/aromatic N) is 2. The van der Waals surface area contributed by atoms with Crippen molar-refractivity contribution >= 4 is 35.4 Å². The summed E-state index contributed by atoms with van der Waals surface area (Å²) in [5.74, 6) is 0. The van der Waals surface area contributed by atoms with Crippen LogP contribution in [-0.2, 0) is 22.4 Å². The van der Waals surface area contributed by atoms with Crippen molar-refractivity contribution in [3.8, 4) is 0 Å². The van der Waals surface area contributed by atoms with Crippen LogP contribution in [0, 0.1) is 0 Å². The number of aliphatic imine (C=N–C) groups is 2. The molecular formula is C27H34N2O2. The molecule has 0 saturated heterocycles. The Kier molecular flexibility index (Phi) is 11.2. The maximum atomic E-state index is 10.5. The second-order valence-corrected chi connectivity index (χ2v) is 7.81. The SMILES string of the molecule is CCCCC(=Nc1ccc(CCCC=O)cc1)C(C)=Nc1ccc(CCCC=O)cc1. The molecule has 4 nitrogen and oxygen atoms in total. The van der Waals surface area contributed by atoms with Gasteiger partial charge in [-0.15, -0.1) is 0 Å². The average molecular weight is 419 g/mol. The van der Waals surface area contributed by atoms with Crippen molar-refractivity contribution in [2.75, 3.05) is 0 Å². The Hall–Kier alpha value is -2.88. The fourth-order valence-corrected chi connectivity index (χ4v) is 3.33. The van der Waals surface area contributed by atoms with E-state index in [4.69, 9.17) is 9.98 Å². The van der Waals surface area contributed by atoms with Crippen LogP contribution in [0.4, 0.5) is 11.4 Å². The molecule has 31 heavy (non-hydrogen) atoms. The van der Waals surface area contributed by atoms with Gasteiger partial charge in [0.05, 0.1) is 22.8 Å². The quantitative estimate of drug-likeness (QED) is 0.193. The van der Waals surface area contributed by atoms with E-state index in [0.29, 0.717) is 12.8 Å². The molecule has 2 aromatic carbocycles. The van der Waals surface area contributed by atoms with E-state index in [1.54, 1.807) is 0 Å². The van der Waals surface area contributed by atoms with Gasteiger partial charge in [-0.1, -0.05) is 37.6 Å². The number of benzene rings is 2. The van der Waals surface area contributed by atoms with Gasteiger partial charge in [0.1, 0.15) is 12.6 Å². The van der Waals surface area contributed by atoms with E-state index in [1.165, 1.54) is 11.1 Å². The molecule has 0 heterocycles. The van der Waals surface area contributed by atoms with Crippen LogP contribution < -0.4 is 0 Å². The molecule has 0 N–H and O–H groups in total. The normalized spacial score (nSPS) is 12.1. The standard InChI is InChI=1S/C27H34N2O2/c1-3-4-11-27(29-26-18-14-24(15-19-26)10-6-8-21-31)22(2)28-25-16-12-23(13-17-25)9-5-7-20-30/h12-21H,3-11H2,1-2H3. The van der Waals surface area contributed by atoms with Gasteiger partial charge < -0.3 is 9.59 Å². The van der Waals surface area contributed by atoms with Crippen LogP contribution in [0.1, 0.15) is 69.9 Å². The first-order valence-corrected chi connectivity index (χ1v) is 11.3. The number of aryl methyl sites for hydroxylation is 2. The van der Waals surface area contributed by atoms with Gasteiger partial charge in [-0.3, -0.25) is 9.98 Å². The predicted octanol–water partition coefficient (Wildman–Crippen LogP) is 6.79. The molecule has 0 aliphatic rings. The monoisotopic (exact) mass is 418 g/mol. The van der Waals surface area contributed by atoms with Gasteiger partial charge in [0, 0.05) is 12.8 Å². The number of hydrogen-bond donors (Lipinski definition) is 0. The summed E-state index contributed by atoms with van der Waals surface area (Å²) < 4.78 is 0. The van der Waals surface area contributed by atoms with E-state index >= 15 is 0 Å². The number of carbonyl (C=O) groups is 2. The molecule has 0 aliphatic heterocycles. The highest BCUT2D eigenvalue weighted by molar-refractivity contribution is 6.42. The van der Waals surface area contributed by atoms with Crippen molar-refractivity contribution in [2.24, 2.45) is 9.98 Å². The molecule has 2 aromatic rings. The third-order valence-electron chi connectivity index (χ3n) is 5.19. The zero-order valence-electron chi connectivity index (χ0n) is 18.8. The molecule has 0 aromatic heterocycles. The molecule has 164 valence electrons. The summed E-state index contributed by atoms with van der Waals surface area (Å²) in [4.78, 5) is 30.7. The van der Waals surface area contributed by atoms with E-state index in [0.717, 1.165) is 80.3 Å². The highest BCUT2D eigenvalue weighted by Crippen LogP contribution is 2.19. The van der Waals surface area contributed by atoms with Gasteiger partial charge in [-0.2, -0.15) is 0 Å². The number of carbonyl (C=O) groups excluding carboxylic acids is 2. The lowest BCUT2D eigenvalue weighted by atomic mass is 10.1. The number of rotatable bonds is 14. The second kappa shape index (κ2) is 14.2. The molecule has 0 amide bonds. The van der Waals surface area contributed by atoms with Gasteiger partial charge in [0.15, 0.2) is 0 Å². The summed E-state index contributed by atoms with van der Waals surface area (Å²) >= 11 is 0. The van der Waals surface area contributed by atoms with Crippen molar-refractivity contribution in [1.29, 1.82) is 0 Å². The average Bonchev–Trinajstić information content (AvgIpc) is 2.79. The molecule has 0 saturated carbocycles. The lowest BCUT2D eigenvalue weighted by Crippen LogP contribution is -2.10. The Labute approximate surface area is 186 Å². The minimum absolute atomic E-state index is 0.607. The van der Waals surface area contributed by atoms with Crippen LogP contribution in [-0.4, -0.2) is 24.0 Å². The largest absolute Gasteiger partial charge is 0.303 e. The van der Waals surface area contributed by atoms with Gasteiger partial charge in [0.25, 0.3) is 0 Å². The summed E-state index contributed by atoms with van der Waals surface area (Å²) in [6.07, 6.45) is 9.84. The van der Waals surface area contributed by atoms with Gasteiger partial charge >= 0.3 is 0 Å². The first kappa shape index (κ1) is 24.4. The van der Waals surface area contributed by atoms with Crippen LogP contribution >= 0.6 is 0 Å². The van der Waals surface area contributed by atoms with Gasteiger partial charge in [-0.05, 0) is 80.8 Å². The number of hydrogen-bond acceptors (Lipinski definition) is 4. The topological polar surface area (TPSA) is 58.9 Å². The van der Waals surface area contributed by atoms with E-state index < -0.39 is 0 Å². The number of unbranched alkanes of at least 4 members (excludes halogenated alkanes) is 3. The number of aldehydes is 2. The minimum Gasteiger partial charge on any atom is -0.303 e. The summed E-state index contributed by atoms with van der Waals surface area (Å²) in [7, 11) is 0. The molecule has 4 heteroatoms. The zero-order chi connectivity index (χ0) is 22.3. The molecule has 0 aliphatic carbocycles. The van der Waals surface area contributed by atoms with Crippen molar-refractivity contribution in [3.63, 3.8) is 0 Å². The summed E-state index contributed by atoms with van der Waals surface area (Å²) in [6.45, 7) is 4.21. The van der Waals surface area contributed by atoms with Gasteiger partial charge in [0.2, 0.25) is 0 Å². The fraction of sp³-hybridized carbons (Fsp3) is 0.407. The lowest BCUT2D eigenvalue weighted by Gasteiger charge is -2.08. The molecule has 0 atom stereocenters.